The topological polar surface area (TPSA) is 98.8 Å². The fourth-order valence-electron chi connectivity index (χ4n) is 3.16. The lowest BCUT2D eigenvalue weighted by Crippen LogP contribution is -2.42. The zero-order valence-electron chi connectivity index (χ0n) is 16.7. The zero-order chi connectivity index (χ0) is 21.9. The Kier molecular flexibility index (Phi) is 6.37. The minimum atomic E-state index is -3.74. The van der Waals surface area contributed by atoms with Crippen molar-refractivity contribution in [1.82, 2.24) is 15.2 Å². The highest BCUT2D eigenvalue weighted by molar-refractivity contribution is 7.89. The Morgan fingerprint density at radius 1 is 0.967 bits per heavy atom. The number of hydrogen-bond acceptors (Lipinski definition) is 5. The molecule has 0 atom stereocenters. The number of benzene rings is 2. The summed E-state index contributed by atoms with van der Waals surface area (Å²) >= 11 is 0. The van der Waals surface area contributed by atoms with Gasteiger partial charge in [-0.2, -0.15) is 0 Å². The third kappa shape index (κ3) is 4.60. The Hall–Kier alpha value is -2.98. The van der Waals surface area contributed by atoms with Crippen molar-refractivity contribution in [3.8, 4) is 0 Å². The number of nitrogens with one attached hydrogen (secondary N) is 2. The number of hydrazine groups is 1. The molecular formula is C20H23FN4O4S. The lowest BCUT2D eigenvalue weighted by atomic mass is 10.1. The lowest BCUT2D eigenvalue weighted by Gasteiger charge is -2.22. The molecule has 1 aliphatic rings. The van der Waals surface area contributed by atoms with Crippen LogP contribution in [0.25, 0.3) is 0 Å². The van der Waals surface area contributed by atoms with Crippen LogP contribution in [0.3, 0.4) is 0 Å². The first-order chi connectivity index (χ1) is 14.2. The van der Waals surface area contributed by atoms with E-state index in [-0.39, 0.29) is 16.0 Å². The van der Waals surface area contributed by atoms with E-state index in [0.717, 1.165) is 42.4 Å². The molecule has 1 saturated heterocycles. The molecule has 10 heteroatoms. The van der Waals surface area contributed by atoms with E-state index in [1.807, 2.05) is 4.90 Å². The Morgan fingerprint density at radius 3 is 2.17 bits per heavy atom. The average molecular weight is 434 g/mol. The van der Waals surface area contributed by atoms with Gasteiger partial charge in [0.25, 0.3) is 11.8 Å². The van der Waals surface area contributed by atoms with Gasteiger partial charge in [0.1, 0.15) is 5.82 Å². The molecule has 30 heavy (non-hydrogen) atoms. The van der Waals surface area contributed by atoms with E-state index in [0.29, 0.717) is 5.69 Å². The van der Waals surface area contributed by atoms with Crippen molar-refractivity contribution < 1.29 is 22.4 Å². The molecule has 2 aromatic carbocycles. The maximum Gasteiger partial charge on any atom is 0.271 e. The summed E-state index contributed by atoms with van der Waals surface area (Å²) in [5, 5.41) is 0. The highest BCUT2D eigenvalue weighted by Gasteiger charge is 2.25. The van der Waals surface area contributed by atoms with Crippen LogP contribution in [0, 0.1) is 5.82 Å². The Bertz CT molecular complexity index is 1050. The second-order valence-electron chi connectivity index (χ2n) is 7.08. The lowest BCUT2D eigenvalue weighted by molar-refractivity contribution is 0.0847. The van der Waals surface area contributed by atoms with E-state index in [2.05, 4.69) is 10.9 Å². The normalized spacial score (nSPS) is 14.1. The maximum atomic E-state index is 13.0. The molecule has 0 aromatic heterocycles. The molecule has 1 heterocycles. The molecule has 0 aliphatic carbocycles. The predicted molar refractivity (Wildman–Crippen MR) is 110 cm³/mol. The van der Waals surface area contributed by atoms with Gasteiger partial charge in [-0.3, -0.25) is 20.4 Å². The summed E-state index contributed by atoms with van der Waals surface area (Å²) in [5.41, 5.74) is 5.49. The predicted octanol–water partition coefficient (Wildman–Crippen LogP) is 1.75. The third-order valence-corrected chi connectivity index (χ3v) is 6.65. The largest absolute Gasteiger partial charge is 0.371 e. The summed E-state index contributed by atoms with van der Waals surface area (Å²) in [6.45, 7) is 1.50. The molecule has 2 aromatic rings. The second kappa shape index (κ2) is 8.80. The van der Waals surface area contributed by atoms with Gasteiger partial charge < -0.3 is 4.90 Å². The minimum absolute atomic E-state index is 0.0227. The van der Waals surface area contributed by atoms with Gasteiger partial charge >= 0.3 is 0 Å². The zero-order valence-corrected chi connectivity index (χ0v) is 17.5. The molecule has 0 saturated carbocycles. The van der Waals surface area contributed by atoms with Gasteiger partial charge in [0.05, 0.1) is 10.5 Å². The Balaban J connectivity index is 1.86. The molecule has 3 rings (SSSR count). The molecule has 160 valence electrons. The average Bonchev–Trinajstić information content (AvgIpc) is 3.26. The van der Waals surface area contributed by atoms with Crippen LogP contribution in [-0.2, 0) is 10.0 Å². The number of carbonyl (C=O) groups is 2. The molecular weight excluding hydrogens is 411 g/mol. The van der Waals surface area contributed by atoms with E-state index in [1.54, 1.807) is 6.07 Å². The summed E-state index contributed by atoms with van der Waals surface area (Å²) < 4.78 is 39.1. The van der Waals surface area contributed by atoms with Crippen molar-refractivity contribution in [2.75, 3.05) is 32.1 Å². The monoisotopic (exact) mass is 434 g/mol. The van der Waals surface area contributed by atoms with E-state index >= 15 is 0 Å². The molecule has 1 fully saturated rings. The van der Waals surface area contributed by atoms with Crippen molar-refractivity contribution in [1.29, 1.82) is 0 Å². The standard InChI is InChI=1S/C20H23FN4O4S/c1-24(2)30(28,29)16-9-10-18(25-11-3-4-12-25)17(13-16)20(27)23-22-19(26)14-5-7-15(21)8-6-14/h5-10,13H,3-4,11-12H2,1-2H3,(H,22,26)(H,23,27). The first-order valence-corrected chi connectivity index (χ1v) is 10.8. The molecule has 8 nitrogen and oxygen atoms in total. The van der Waals surface area contributed by atoms with Crippen molar-refractivity contribution in [3.05, 3.63) is 59.4 Å². The van der Waals surface area contributed by atoms with Crippen LogP contribution in [0.1, 0.15) is 33.6 Å². The number of sulfonamides is 1. The fraction of sp³-hybridized carbons (Fsp3) is 0.300. The van der Waals surface area contributed by atoms with E-state index in [9.17, 15) is 22.4 Å². The van der Waals surface area contributed by atoms with Crippen LogP contribution >= 0.6 is 0 Å². The number of halogens is 1. The second-order valence-corrected chi connectivity index (χ2v) is 9.23. The number of nitrogens with zero attached hydrogens (tertiary/aromatic N) is 2. The van der Waals surface area contributed by atoms with Crippen LogP contribution in [-0.4, -0.2) is 51.7 Å². The quantitative estimate of drug-likeness (QED) is 0.699. The van der Waals surface area contributed by atoms with E-state index < -0.39 is 27.7 Å². The summed E-state index contributed by atoms with van der Waals surface area (Å²) in [6, 6.07) is 9.24. The Labute approximate surface area is 174 Å². The van der Waals surface area contributed by atoms with Gasteiger partial charge in [0, 0.05) is 38.4 Å². The SMILES string of the molecule is CN(C)S(=O)(=O)c1ccc(N2CCCC2)c(C(=O)NNC(=O)c2ccc(F)cc2)c1. The van der Waals surface area contributed by atoms with Crippen LogP contribution in [0.4, 0.5) is 10.1 Å². The molecule has 2 N–H and O–H groups in total. The van der Waals surface area contributed by atoms with Gasteiger partial charge in [0.2, 0.25) is 10.0 Å². The van der Waals surface area contributed by atoms with Crippen LogP contribution in [0.2, 0.25) is 0 Å². The summed E-state index contributed by atoms with van der Waals surface area (Å²) in [5.74, 6) is -1.75. The van der Waals surface area contributed by atoms with Gasteiger partial charge in [-0.15, -0.1) is 0 Å². The molecule has 1 aliphatic heterocycles. The highest BCUT2D eigenvalue weighted by Crippen LogP contribution is 2.28. The number of rotatable bonds is 5. The molecule has 0 unspecified atom stereocenters. The summed E-state index contributed by atoms with van der Waals surface area (Å²) in [4.78, 5) is 27.0. The molecule has 0 spiro atoms. The smallest absolute Gasteiger partial charge is 0.271 e. The number of amides is 2. The Morgan fingerprint density at radius 2 is 1.57 bits per heavy atom. The molecule has 2 amide bonds. The minimum Gasteiger partial charge on any atom is -0.371 e. The van der Waals surface area contributed by atoms with Crippen LogP contribution in [0.5, 0.6) is 0 Å². The van der Waals surface area contributed by atoms with Crippen molar-refractivity contribution in [2.24, 2.45) is 0 Å². The molecule has 0 radical (unpaired) electrons. The highest BCUT2D eigenvalue weighted by atomic mass is 32.2. The van der Waals surface area contributed by atoms with Crippen molar-refractivity contribution in [2.45, 2.75) is 17.7 Å². The van der Waals surface area contributed by atoms with Gasteiger partial charge in [-0.25, -0.2) is 17.1 Å². The van der Waals surface area contributed by atoms with Crippen molar-refractivity contribution >= 4 is 27.5 Å². The fourth-order valence-corrected chi connectivity index (χ4v) is 4.08. The number of hydrogen-bond donors (Lipinski definition) is 2. The maximum absolute atomic E-state index is 13.0. The van der Waals surface area contributed by atoms with Gasteiger partial charge in [-0.1, -0.05) is 0 Å². The van der Waals surface area contributed by atoms with E-state index in [1.165, 1.54) is 38.4 Å². The van der Waals surface area contributed by atoms with Crippen LogP contribution in [0.15, 0.2) is 47.4 Å². The first-order valence-electron chi connectivity index (χ1n) is 9.38. The number of carbonyl (C=O) groups excluding carboxylic acids is 2. The van der Waals surface area contributed by atoms with Gasteiger partial charge in [-0.05, 0) is 55.3 Å². The molecule has 0 bridgehead atoms. The third-order valence-electron chi connectivity index (χ3n) is 4.83. The summed E-state index contributed by atoms with van der Waals surface area (Å²) in [6.07, 6.45) is 1.94. The van der Waals surface area contributed by atoms with E-state index in [4.69, 9.17) is 0 Å². The summed E-state index contributed by atoms with van der Waals surface area (Å²) in [7, 11) is -0.921. The van der Waals surface area contributed by atoms with Crippen molar-refractivity contribution in [3.63, 3.8) is 0 Å². The first kappa shape index (κ1) is 21.7. The van der Waals surface area contributed by atoms with Crippen LogP contribution < -0.4 is 15.8 Å². The van der Waals surface area contributed by atoms with Gasteiger partial charge in [0.15, 0.2) is 0 Å². The number of anilines is 1.